The minimum atomic E-state index is -0.236. The smallest absolute Gasteiger partial charge is 0.0968 e. The number of halogens is 1. The van der Waals surface area contributed by atoms with Gasteiger partial charge in [0.1, 0.15) is 0 Å². The molecular weight excluding hydrogens is 429 g/mol. The normalized spacial score (nSPS) is 24.5. The first-order valence-corrected chi connectivity index (χ1v) is 12.6. The van der Waals surface area contributed by atoms with Gasteiger partial charge in [-0.05, 0) is 66.2 Å². The van der Waals surface area contributed by atoms with Crippen molar-refractivity contribution in [3.05, 3.63) is 48.1 Å². The van der Waals surface area contributed by atoms with E-state index in [-0.39, 0.29) is 11.4 Å². The van der Waals surface area contributed by atoms with Gasteiger partial charge in [0.15, 0.2) is 0 Å². The Morgan fingerprint density at radius 1 is 1.18 bits per heavy atom. The summed E-state index contributed by atoms with van der Waals surface area (Å²) in [6, 6.07) is 0. The highest BCUT2D eigenvalue weighted by Gasteiger charge is 2.35. The molecule has 7 heteroatoms. The highest BCUT2D eigenvalue weighted by atomic mass is 19.1. The summed E-state index contributed by atoms with van der Waals surface area (Å²) in [6.45, 7) is 21.2. The molecule has 0 bridgehead atoms. The van der Waals surface area contributed by atoms with E-state index in [9.17, 15) is 4.39 Å². The molecule has 190 valence electrons. The average Bonchev–Trinajstić information content (AvgIpc) is 3.31. The third-order valence-electron chi connectivity index (χ3n) is 6.79. The van der Waals surface area contributed by atoms with E-state index >= 15 is 0 Å². The Bertz CT molecular complexity index is 851. The topological polar surface area (TPSA) is 47.6 Å². The second kappa shape index (κ2) is 12.2. The molecule has 0 radical (unpaired) electrons. The summed E-state index contributed by atoms with van der Waals surface area (Å²) in [5.74, 6) is 0.843. The molecule has 2 saturated heterocycles. The van der Waals surface area contributed by atoms with Gasteiger partial charge in [0.25, 0.3) is 0 Å². The van der Waals surface area contributed by atoms with E-state index in [1.807, 2.05) is 6.20 Å². The van der Waals surface area contributed by atoms with Gasteiger partial charge in [-0.1, -0.05) is 18.7 Å². The number of nitrogens with zero attached hydrogens (tertiary/aromatic N) is 4. The van der Waals surface area contributed by atoms with Gasteiger partial charge in [-0.25, -0.2) is 4.39 Å². The summed E-state index contributed by atoms with van der Waals surface area (Å²) in [6.07, 6.45) is 8.13. The summed E-state index contributed by atoms with van der Waals surface area (Å²) in [5.41, 5.74) is 2.65. The van der Waals surface area contributed by atoms with Crippen molar-refractivity contribution in [3.63, 3.8) is 0 Å². The van der Waals surface area contributed by atoms with Gasteiger partial charge in [0.05, 0.1) is 23.7 Å². The number of allylic oxidation sites excluding steroid dienone is 5. The fourth-order valence-corrected chi connectivity index (χ4v) is 4.91. The van der Waals surface area contributed by atoms with Gasteiger partial charge in [0.2, 0.25) is 0 Å². The first-order valence-electron chi connectivity index (χ1n) is 12.6. The van der Waals surface area contributed by atoms with E-state index in [0.29, 0.717) is 11.8 Å². The van der Waals surface area contributed by atoms with Gasteiger partial charge in [-0.3, -0.25) is 10.00 Å². The summed E-state index contributed by atoms with van der Waals surface area (Å²) in [7, 11) is 2.22. The number of nitrogens with one attached hydrogen (secondary N) is 1. The highest BCUT2D eigenvalue weighted by molar-refractivity contribution is 5.74. The van der Waals surface area contributed by atoms with Gasteiger partial charge in [0, 0.05) is 62.5 Å². The van der Waals surface area contributed by atoms with Crippen LogP contribution < -0.4 is 0 Å². The monoisotopic (exact) mass is 473 g/mol. The molecule has 0 saturated carbocycles. The van der Waals surface area contributed by atoms with Crippen LogP contribution in [0.1, 0.15) is 45.4 Å². The Labute approximate surface area is 205 Å². The van der Waals surface area contributed by atoms with Crippen molar-refractivity contribution in [2.24, 2.45) is 11.8 Å². The molecule has 0 aromatic carbocycles. The lowest BCUT2D eigenvalue weighted by molar-refractivity contribution is -0.0283. The van der Waals surface area contributed by atoms with Crippen LogP contribution in [0.4, 0.5) is 4.39 Å². The molecule has 2 aliphatic rings. The van der Waals surface area contributed by atoms with Gasteiger partial charge in [-0.2, -0.15) is 5.10 Å². The van der Waals surface area contributed by atoms with Crippen molar-refractivity contribution in [2.75, 3.05) is 59.5 Å². The van der Waals surface area contributed by atoms with Crippen LogP contribution in [0.2, 0.25) is 0 Å². The molecule has 3 rings (SSSR count). The Kier molecular flexibility index (Phi) is 9.65. The van der Waals surface area contributed by atoms with Gasteiger partial charge in [-0.15, -0.1) is 0 Å². The third-order valence-corrected chi connectivity index (χ3v) is 6.79. The van der Waals surface area contributed by atoms with Crippen molar-refractivity contribution in [3.8, 4) is 0 Å². The van der Waals surface area contributed by atoms with Crippen molar-refractivity contribution in [1.82, 2.24) is 24.9 Å². The standard InChI is InChI=1S/C27H44FN5O/c1-7-22(10-9-21(2)28)26-23(15-29-30-26)16-33-18-24(25(19-33)20-34-27(3,4)5)17-32-12-8-11-31(6)13-14-32/h7,9-10,15,24-25H,1,8,11-14,16-20H2,2-6H3,(H,29,30)/b21-9+,22-10+. The van der Waals surface area contributed by atoms with Crippen LogP contribution in [0.25, 0.3) is 5.57 Å². The zero-order valence-electron chi connectivity index (χ0n) is 21.8. The molecule has 2 aliphatic heterocycles. The SMILES string of the molecule is C=C/C(=C\C=C(/C)F)c1n[nH]cc1CN1CC(COC(C)(C)C)C(CN2CCCN(C)CC2)C1. The van der Waals surface area contributed by atoms with Crippen molar-refractivity contribution in [2.45, 2.75) is 46.3 Å². The first-order chi connectivity index (χ1) is 16.1. The average molecular weight is 474 g/mol. The second-order valence-electron chi connectivity index (χ2n) is 10.9. The number of H-pyrrole nitrogens is 1. The van der Waals surface area contributed by atoms with E-state index in [4.69, 9.17) is 4.74 Å². The predicted octanol–water partition coefficient (Wildman–Crippen LogP) is 4.35. The summed E-state index contributed by atoms with van der Waals surface area (Å²) in [5, 5.41) is 7.45. The molecule has 1 aromatic heterocycles. The third kappa shape index (κ3) is 8.15. The van der Waals surface area contributed by atoms with Crippen LogP contribution in [0, 0.1) is 11.8 Å². The number of rotatable bonds is 9. The molecule has 6 nitrogen and oxygen atoms in total. The molecule has 1 N–H and O–H groups in total. The maximum atomic E-state index is 13.3. The largest absolute Gasteiger partial charge is 0.376 e. The van der Waals surface area contributed by atoms with Crippen LogP contribution in [0.15, 0.2) is 36.8 Å². The summed E-state index contributed by atoms with van der Waals surface area (Å²) >= 11 is 0. The van der Waals surface area contributed by atoms with Crippen LogP contribution in [-0.2, 0) is 11.3 Å². The number of ether oxygens (including phenoxy) is 1. The second-order valence-corrected chi connectivity index (χ2v) is 10.9. The lowest BCUT2D eigenvalue weighted by Gasteiger charge is -2.29. The number of aromatic amines is 1. The van der Waals surface area contributed by atoms with E-state index in [0.717, 1.165) is 62.7 Å². The number of hydrogen-bond acceptors (Lipinski definition) is 5. The van der Waals surface area contributed by atoms with E-state index < -0.39 is 0 Å². The van der Waals surface area contributed by atoms with Crippen molar-refractivity contribution in [1.29, 1.82) is 0 Å². The fourth-order valence-electron chi connectivity index (χ4n) is 4.91. The van der Waals surface area contributed by atoms with E-state index in [2.05, 4.69) is 59.3 Å². The maximum absolute atomic E-state index is 13.3. The molecule has 0 amide bonds. The van der Waals surface area contributed by atoms with Crippen molar-refractivity contribution >= 4 is 5.57 Å². The molecule has 2 fully saturated rings. The predicted molar refractivity (Wildman–Crippen MR) is 138 cm³/mol. The van der Waals surface area contributed by atoms with Crippen LogP contribution in [0.5, 0.6) is 0 Å². The summed E-state index contributed by atoms with van der Waals surface area (Å²) < 4.78 is 19.5. The molecular formula is C27H44FN5O. The molecule has 34 heavy (non-hydrogen) atoms. The van der Waals surface area contributed by atoms with Crippen LogP contribution in [-0.4, -0.2) is 90.0 Å². The fraction of sp³-hybridized carbons (Fsp3) is 0.667. The molecule has 2 unspecified atom stereocenters. The van der Waals surface area contributed by atoms with E-state index in [1.165, 1.54) is 32.5 Å². The number of aromatic nitrogens is 2. The summed E-state index contributed by atoms with van der Waals surface area (Å²) in [4.78, 5) is 7.61. The zero-order chi connectivity index (χ0) is 24.7. The van der Waals surface area contributed by atoms with Gasteiger partial charge < -0.3 is 14.5 Å². The lowest BCUT2D eigenvalue weighted by atomic mass is 9.96. The molecule has 2 atom stereocenters. The minimum absolute atomic E-state index is 0.132. The molecule has 3 heterocycles. The Morgan fingerprint density at radius 2 is 1.94 bits per heavy atom. The number of likely N-dealkylation sites (tertiary alicyclic amines) is 1. The van der Waals surface area contributed by atoms with Crippen molar-refractivity contribution < 1.29 is 9.13 Å². The minimum Gasteiger partial charge on any atom is -0.376 e. The highest BCUT2D eigenvalue weighted by Crippen LogP contribution is 2.29. The Morgan fingerprint density at radius 3 is 2.65 bits per heavy atom. The zero-order valence-corrected chi connectivity index (χ0v) is 21.8. The quantitative estimate of drug-likeness (QED) is 0.540. The van der Waals surface area contributed by atoms with Crippen LogP contribution >= 0.6 is 0 Å². The Balaban J connectivity index is 1.71. The van der Waals surface area contributed by atoms with Crippen LogP contribution in [0.3, 0.4) is 0 Å². The molecule has 0 aliphatic carbocycles. The number of hydrogen-bond donors (Lipinski definition) is 1. The molecule has 1 aromatic rings. The number of likely N-dealkylation sites (N-methyl/N-ethyl adjacent to an activating group) is 1. The Hall–Kier alpha value is -1.80. The lowest BCUT2D eigenvalue weighted by Crippen LogP contribution is -2.37. The van der Waals surface area contributed by atoms with E-state index in [1.54, 1.807) is 12.2 Å². The first kappa shape index (κ1) is 26.8. The van der Waals surface area contributed by atoms with Gasteiger partial charge >= 0.3 is 0 Å². The maximum Gasteiger partial charge on any atom is 0.0968 e. The molecule has 0 spiro atoms.